The molecule has 3 rings (SSSR count). The molecule has 3 aromatic rings. The van der Waals surface area contributed by atoms with Crippen LogP contribution in [0.4, 0.5) is 5.69 Å². The zero-order chi connectivity index (χ0) is 18.9. The van der Waals surface area contributed by atoms with Gasteiger partial charge in [-0.2, -0.15) is 0 Å². The van der Waals surface area contributed by atoms with Gasteiger partial charge < -0.3 is 5.32 Å². The zero-order valence-electron chi connectivity index (χ0n) is 14.7. The maximum absolute atomic E-state index is 12.2. The van der Waals surface area contributed by atoms with Crippen LogP contribution in [0.5, 0.6) is 0 Å². The van der Waals surface area contributed by atoms with Gasteiger partial charge in [0.2, 0.25) is 0 Å². The smallest absolute Gasteiger partial charge is 0.255 e. The summed E-state index contributed by atoms with van der Waals surface area (Å²) >= 11 is 0. The monoisotopic (exact) mass is 359 g/mol. The second-order valence-corrected chi connectivity index (χ2v) is 6.01. The predicted molar refractivity (Wildman–Crippen MR) is 106 cm³/mol. The van der Waals surface area contributed by atoms with E-state index in [2.05, 4.69) is 10.3 Å². The van der Waals surface area contributed by atoms with Gasteiger partial charge in [-0.05, 0) is 34.9 Å². The normalized spacial score (nSPS) is 11.9. The summed E-state index contributed by atoms with van der Waals surface area (Å²) in [6, 6.07) is 20.9. The first-order chi connectivity index (χ1) is 13.3. The number of amides is 1. The number of aromatic nitrogens is 1. The van der Waals surface area contributed by atoms with Crippen molar-refractivity contribution >= 4 is 17.7 Å². The lowest BCUT2D eigenvalue weighted by molar-refractivity contribution is -0.129. The predicted octanol–water partition coefficient (Wildman–Crippen LogP) is 3.84. The van der Waals surface area contributed by atoms with Crippen LogP contribution in [-0.2, 0) is 4.79 Å². The summed E-state index contributed by atoms with van der Waals surface area (Å²) in [5.41, 5.74) is 5.40. The minimum absolute atomic E-state index is 0.457. The fourth-order valence-corrected chi connectivity index (χ4v) is 2.85. The number of hydrogen-bond donors (Lipinski definition) is 3. The third kappa shape index (κ3) is 5.03. The third-order valence-corrected chi connectivity index (χ3v) is 4.17. The van der Waals surface area contributed by atoms with Gasteiger partial charge in [-0.25, -0.2) is 5.48 Å². The molecule has 1 heterocycles. The number of benzene rings is 2. The quantitative estimate of drug-likeness (QED) is 0.443. The van der Waals surface area contributed by atoms with Crippen LogP contribution in [0.2, 0.25) is 0 Å². The molecule has 0 aliphatic heterocycles. The number of nitrogens with one attached hydrogen (secondary N) is 2. The van der Waals surface area contributed by atoms with Gasteiger partial charge in [0.25, 0.3) is 5.91 Å². The summed E-state index contributed by atoms with van der Waals surface area (Å²) in [7, 11) is 0. The van der Waals surface area contributed by atoms with E-state index in [9.17, 15) is 4.79 Å². The molecule has 2 aromatic carbocycles. The molecule has 0 fully saturated rings. The molecular weight excluding hydrogens is 338 g/mol. The Morgan fingerprint density at radius 1 is 1.00 bits per heavy atom. The Morgan fingerprint density at radius 3 is 2.41 bits per heavy atom. The molecule has 1 amide bonds. The highest BCUT2D eigenvalue weighted by atomic mass is 16.5. The van der Waals surface area contributed by atoms with E-state index in [4.69, 9.17) is 5.21 Å². The average molecular weight is 359 g/mol. The molecule has 0 radical (unpaired) electrons. The van der Waals surface area contributed by atoms with Gasteiger partial charge in [0.15, 0.2) is 0 Å². The Hall–Kier alpha value is -3.44. The maximum atomic E-state index is 12.2. The first-order valence-corrected chi connectivity index (χ1v) is 8.67. The van der Waals surface area contributed by atoms with Crippen molar-refractivity contribution in [3.8, 4) is 0 Å². The van der Waals surface area contributed by atoms with Gasteiger partial charge in [-0.1, -0.05) is 60.7 Å². The van der Waals surface area contributed by atoms with E-state index in [1.807, 2.05) is 78.9 Å². The van der Waals surface area contributed by atoms with Crippen molar-refractivity contribution in [2.45, 2.75) is 5.92 Å². The molecule has 1 unspecified atom stereocenters. The first-order valence-electron chi connectivity index (χ1n) is 8.67. The lowest BCUT2D eigenvalue weighted by atomic mass is 9.90. The second kappa shape index (κ2) is 9.31. The fourth-order valence-electron chi connectivity index (χ4n) is 2.85. The number of hydroxylamine groups is 1. The molecule has 5 nitrogen and oxygen atoms in total. The van der Waals surface area contributed by atoms with Crippen LogP contribution in [0, 0.1) is 0 Å². The molecule has 0 saturated heterocycles. The lowest BCUT2D eigenvalue weighted by Gasteiger charge is -2.16. The molecule has 0 aliphatic rings. The Bertz CT molecular complexity index is 878. The standard InChI is InChI=1S/C22H21N3O2/c26-22(25-27)21(18-8-2-1-3-9-18)19-10-12-20(13-11-19)24-15-5-7-17-6-4-14-23-16-17/h1-14,16,21,24,27H,15H2,(H,25,26)/b7-5+. The van der Waals surface area contributed by atoms with Crippen LogP contribution >= 0.6 is 0 Å². The molecule has 0 spiro atoms. The molecule has 0 bridgehead atoms. The molecule has 1 aromatic heterocycles. The zero-order valence-corrected chi connectivity index (χ0v) is 14.7. The molecule has 1 atom stereocenters. The van der Waals surface area contributed by atoms with Crippen molar-refractivity contribution < 1.29 is 10.0 Å². The van der Waals surface area contributed by atoms with Gasteiger partial charge in [0.1, 0.15) is 0 Å². The summed E-state index contributed by atoms with van der Waals surface area (Å²) in [6.07, 6.45) is 7.58. The van der Waals surface area contributed by atoms with Gasteiger partial charge in [0.05, 0.1) is 5.92 Å². The van der Waals surface area contributed by atoms with Crippen molar-refractivity contribution in [3.05, 3.63) is 102 Å². The summed E-state index contributed by atoms with van der Waals surface area (Å²) in [4.78, 5) is 16.2. The van der Waals surface area contributed by atoms with Crippen LogP contribution in [0.3, 0.4) is 0 Å². The van der Waals surface area contributed by atoms with Crippen molar-refractivity contribution in [2.75, 3.05) is 11.9 Å². The number of nitrogens with zero attached hydrogens (tertiary/aromatic N) is 1. The van der Waals surface area contributed by atoms with Gasteiger partial charge >= 0.3 is 0 Å². The summed E-state index contributed by atoms with van der Waals surface area (Å²) in [6.45, 7) is 0.674. The van der Waals surface area contributed by atoms with Crippen LogP contribution in [-0.4, -0.2) is 22.6 Å². The molecule has 136 valence electrons. The van der Waals surface area contributed by atoms with Gasteiger partial charge in [-0.3, -0.25) is 15.0 Å². The molecule has 3 N–H and O–H groups in total. The Labute approximate surface area is 158 Å². The highest BCUT2D eigenvalue weighted by molar-refractivity contribution is 5.86. The summed E-state index contributed by atoms with van der Waals surface area (Å²) in [5.74, 6) is -1.02. The maximum Gasteiger partial charge on any atom is 0.255 e. The van der Waals surface area contributed by atoms with Crippen LogP contribution in [0.15, 0.2) is 85.2 Å². The number of anilines is 1. The molecule has 27 heavy (non-hydrogen) atoms. The molecule has 0 aliphatic carbocycles. The van der Waals surface area contributed by atoms with Crippen molar-refractivity contribution in [1.82, 2.24) is 10.5 Å². The molecular formula is C22H21N3O2. The number of hydrogen-bond acceptors (Lipinski definition) is 4. The van der Waals surface area contributed by atoms with Crippen molar-refractivity contribution in [2.24, 2.45) is 0 Å². The molecule has 0 saturated carbocycles. The highest BCUT2D eigenvalue weighted by Gasteiger charge is 2.22. The highest BCUT2D eigenvalue weighted by Crippen LogP contribution is 2.26. The van der Waals surface area contributed by atoms with Crippen LogP contribution < -0.4 is 10.8 Å². The minimum atomic E-state index is -0.560. The van der Waals surface area contributed by atoms with E-state index in [-0.39, 0.29) is 0 Å². The summed E-state index contributed by atoms with van der Waals surface area (Å²) < 4.78 is 0. The van der Waals surface area contributed by atoms with E-state index >= 15 is 0 Å². The number of carbonyl (C=O) groups excluding carboxylic acids is 1. The summed E-state index contributed by atoms with van der Waals surface area (Å²) in [5, 5.41) is 12.4. The second-order valence-electron chi connectivity index (χ2n) is 6.01. The van der Waals surface area contributed by atoms with E-state index in [1.165, 1.54) is 0 Å². The third-order valence-electron chi connectivity index (χ3n) is 4.17. The topological polar surface area (TPSA) is 74.2 Å². The van der Waals surface area contributed by atoms with E-state index < -0.39 is 11.8 Å². The largest absolute Gasteiger partial charge is 0.382 e. The number of carbonyl (C=O) groups is 1. The van der Waals surface area contributed by atoms with Crippen molar-refractivity contribution in [1.29, 1.82) is 0 Å². The van der Waals surface area contributed by atoms with Gasteiger partial charge in [-0.15, -0.1) is 0 Å². The number of rotatable bonds is 7. The number of pyridine rings is 1. The first kappa shape index (κ1) is 18.4. The van der Waals surface area contributed by atoms with E-state index in [1.54, 1.807) is 17.9 Å². The minimum Gasteiger partial charge on any atom is -0.382 e. The van der Waals surface area contributed by atoms with E-state index in [0.29, 0.717) is 6.54 Å². The van der Waals surface area contributed by atoms with Gasteiger partial charge in [0, 0.05) is 24.6 Å². The van der Waals surface area contributed by atoms with Crippen LogP contribution in [0.1, 0.15) is 22.6 Å². The van der Waals surface area contributed by atoms with Crippen molar-refractivity contribution in [3.63, 3.8) is 0 Å². The fraction of sp³-hybridized carbons (Fsp3) is 0.0909. The Morgan fingerprint density at radius 2 is 1.74 bits per heavy atom. The Kier molecular flexibility index (Phi) is 6.33. The Balaban J connectivity index is 1.66. The average Bonchev–Trinajstić information content (AvgIpc) is 2.74. The SMILES string of the molecule is O=C(NO)C(c1ccccc1)c1ccc(NC/C=C/c2cccnc2)cc1. The van der Waals surface area contributed by atoms with E-state index in [0.717, 1.165) is 22.4 Å². The van der Waals surface area contributed by atoms with Crippen LogP contribution in [0.25, 0.3) is 6.08 Å². The lowest BCUT2D eigenvalue weighted by Crippen LogP contribution is -2.27. The molecule has 5 heteroatoms.